The van der Waals surface area contributed by atoms with Crippen molar-refractivity contribution in [1.82, 2.24) is 30.1 Å². The van der Waals surface area contributed by atoms with E-state index in [1.54, 1.807) is 18.9 Å². The van der Waals surface area contributed by atoms with E-state index >= 15 is 0 Å². The smallest absolute Gasteiger partial charge is 0.252 e. The molecule has 0 spiro atoms. The second-order valence-corrected chi connectivity index (χ2v) is 9.71. The van der Waals surface area contributed by atoms with Crippen LogP contribution in [0.2, 0.25) is 0 Å². The molecule has 2 aromatic heterocycles. The molecule has 5 aromatic rings. The van der Waals surface area contributed by atoms with E-state index in [2.05, 4.69) is 38.4 Å². The van der Waals surface area contributed by atoms with Crippen LogP contribution in [0.1, 0.15) is 33.6 Å². The Bertz CT molecular complexity index is 1640. The van der Waals surface area contributed by atoms with Crippen molar-refractivity contribution in [3.05, 3.63) is 111 Å². The van der Waals surface area contributed by atoms with Gasteiger partial charge in [0, 0.05) is 29.7 Å². The van der Waals surface area contributed by atoms with Gasteiger partial charge in [-0.2, -0.15) is 0 Å². The predicted octanol–water partition coefficient (Wildman–Crippen LogP) is 4.40. The molecule has 0 bridgehead atoms. The fourth-order valence-corrected chi connectivity index (χ4v) is 4.69. The molecule has 9 nitrogen and oxygen atoms in total. The van der Waals surface area contributed by atoms with Gasteiger partial charge in [-0.15, -0.1) is 5.10 Å². The number of hydrogen-bond acceptors (Lipinski definition) is 7. The lowest BCUT2D eigenvalue weighted by Crippen LogP contribution is -2.28. The molecule has 0 aliphatic heterocycles. The first-order valence-electron chi connectivity index (χ1n) is 12.8. The fraction of sp³-hybridized carbons (Fsp3) is 0.267. The maximum Gasteiger partial charge on any atom is 0.252 e. The minimum atomic E-state index is -0.103. The fourth-order valence-electron chi connectivity index (χ4n) is 4.69. The number of benzene rings is 3. The molecule has 9 heteroatoms. The van der Waals surface area contributed by atoms with Gasteiger partial charge in [0.2, 0.25) is 0 Å². The summed E-state index contributed by atoms with van der Waals surface area (Å²) in [6.07, 6.45) is 0. The number of para-hydroxylation sites is 1. The molecule has 1 N–H and O–H groups in total. The Morgan fingerprint density at radius 2 is 1.62 bits per heavy atom. The standard InChI is InChI=1S/C30H32N6O3/c1-20-13-24-15-25(30(37)31-27(24)14-21(20)2)18-35(17-23-7-5-6-8-28(23)39-4)19-29-32-33-34-36(29)16-22-9-11-26(38-3)12-10-22/h5-15H,16-19H2,1-4H3,(H,31,37). The van der Waals surface area contributed by atoms with Gasteiger partial charge in [-0.3, -0.25) is 9.69 Å². The van der Waals surface area contributed by atoms with Crippen LogP contribution in [0.5, 0.6) is 11.5 Å². The third kappa shape index (κ3) is 5.99. The van der Waals surface area contributed by atoms with Crippen LogP contribution in [0.3, 0.4) is 0 Å². The average Bonchev–Trinajstić information content (AvgIpc) is 3.37. The molecule has 0 aliphatic carbocycles. The van der Waals surface area contributed by atoms with E-state index in [0.29, 0.717) is 37.6 Å². The highest BCUT2D eigenvalue weighted by atomic mass is 16.5. The van der Waals surface area contributed by atoms with E-state index in [1.165, 1.54) is 5.56 Å². The summed E-state index contributed by atoms with van der Waals surface area (Å²) in [7, 11) is 3.31. The minimum Gasteiger partial charge on any atom is -0.497 e. The van der Waals surface area contributed by atoms with E-state index in [9.17, 15) is 4.79 Å². The molecule has 2 heterocycles. The molecule has 3 aromatic carbocycles. The van der Waals surface area contributed by atoms with Gasteiger partial charge in [0.1, 0.15) is 11.5 Å². The van der Waals surface area contributed by atoms with Crippen LogP contribution in [0.15, 0.2) is 71.5 Å². The van der Waals surface area contributed by atoms with Gasteiger partial charge in [0.05, 0.1) is 27.3 Å². The number of rotatable bonds is 10. The molecule has 0 unspecified atom stereocenters. The van der Waals surface area contributed by atoms with Crippen molar-refractivity contribution in [2.75, 3.05) is 14.2 Å². The molecule has 0 saturated heterocycles. The van der Waals surface area contributed by atoms with Crippen LogP contribution in [-0.4, -0.2) is 44.3 Å². The summed E-state index contributed by atoms with van der Waals surface area (Å²) in [5, 5.41) is 13.5. The Kier molecular flexibility index (Phi) is 7.69. The third-order valence-electron chi connectivity index (χ3n) is 6.98. The van der Waals surface area contributed by atoms with Crippen molar-refractivity contribution in [3.8, 4) is 11.5 Å². The lowest BCUT2D eigenvalue weighted by atomic mass is 10.0. The molecule has 0 aliphatic rings. The summed E-state index contributed by atoms with van der Waals surface area (Å²) < 4.78 is 12.7. The number of methoxy groups -OCH3 is 2. The third-order valence-corrected chi connectivity index (χ3v) is 6.98. The zero-order valence-electron chi connectivity index (χ0n) is 22.6. The van der Waals surface area contributed by atoms with Crippen LogP contribution in [0.4, 0.5) is 0 Å². The summed E-state index contributed by atoms with van der Waals surface area (Å²) >= 11 is 0. The number of ether oxygens (including phenoxy) is 2. The second kappa shape index (κ2) is 11.5. The molecule has 39 heavy (non-hydrogen) atoms. The Balaban J connectivity index is 1.46. The van der Waals surface area contributed by atoms with Gasteiger partial charge in [-0.25, -0.2) is 4.68 Å². The molecular weight excluding hydrogens is 492 g/mol. The average molecular weight is 525 g/mol. The Hall–Kier alpha value is -4.50. The molecule has 0 saturated carbocycles. The van der Waals surface area contributed by atoms with Gasteiger partial charge in [-0.1, -0.05) is 30.3 Å². The monoisotopic (exact) mass is 524 g/mol. The van der Waals surface area contributed by atoms with Crippen molar-refractivity contribution in [2.45, 2.75) is 40.0 Å². The maximum absolute atomic E-state index is 13.1. The Morgan fingerprint density at radius 1 is 0.872 bits per heavy atom. The summed E-state index contributed by atoms with van der Waals surface area (Å²) in [4.78, 5) is 18.4. The van der Waals surface area contributed by atoms with Crippen LogP contribution in [0.25, 0.3) is 10.9 Å². The first-order valence-corrected chi connectivity index (χ1v) is 12.8. The van der Waals surface area contributed by atoms with E-state index in [-0.39, 0.29) is 5.56 Å². The quantitative estimate of drug-likeness (QED) is 0.289. The topological polar surface area (TPSA) is 98.2 Å². The van der Waals surface area contributed by atoms with Crippen LogP contribution in [-0.2, 0) is 26.2 Å². The minimum absolute atomic E-state index is 0.103. The van der Waals surface area contributed by atoms with Gasteiger partial charge >= 0.3 is 0 Å². The number of nitrogens with one attached hydrogen (secondary N) is 1. The number of aromatic nitrogens is 5. The SMILES string of the molecule is COc1ccc(Cn2nnnc2CN(Cc2ccccc2OC)Cc2cc3cc(C)c(C)cc3[nH]c2=O)cc1. The van der Waals surface area contributed by atoms with Gasteiger partial charge < -0.3 is 14.5 Å². The highest BCUT2D eigenvalue weighted by Crippen LogP contribution is 2.23. The lowest BCUT2D eigenvalue weighted by Gasteiger charge is -2.23. The number of fused-ring (bicyclic) bond motifs is 1. The summed E-state index contributed by atoms with van der Waals surface area (Å²) in [5.41, 5.74) is 5.81. The predicted molar refractivity (Wildman–Crippen MR) is 150 cm³/mol. The highest BCUT2D eigenvalue weighted by molar-refractivity contribution is 5.80. The number of pyridine rings is 1. The van der Waals surface area contributed by atoms with Crippen LogP contribution < -0.4 is 15.0 Å². The van der Waals surface area contributed by atoms with Crippen molar-refractivity contribution in [3.63, 3.8) is 0 Å². The molecule has 200 valence electrons. The van der Waals surface area contributed by atoms with Gasteiger partial charge in [0.25, 0.3) is 5.56 Å². The van der Waals surface area contributed by atoms with Gasteiger partial charge in [-0.05, 0) is 82.7 Å². The van der Waals surface area contributed by atoms with Gasteiger partial charge in [0.15, 0.2) is 5.82 Å². The molecule has 0 fully saturated rings. The Morgan fingerprint density at radius 3 is 2.38 bits per heavy atom. The zero-order chi connectivity index (χ0) is 27.4. The van der Waals surface area contributed by atoms with Crippen LogP contribution in [0, 0.1) is 13.8 Å². The number of nitrogens with zero attached hydrogens (tertiary/aromatic N) is 5. The molecule has 0 atom stereocenters. The molecular formula is C30H32N6O3. The summed E-state index contributed by atoms with van der Waals surface area (Å²) in [6.45, 7) is 6.04. The molecule has 0 amide bonds. The highest BCUT2D eigenvalue weighted by Gasteiger charge is 2.18. The van der Waals surface area contributed by atoms with Crippen LogP contribution >= 0.6 is 0 Å². The lowest BCUT2D eigenvalue weighted by molar-refractivity contribution is 0.232. The summed E-state index contributed by atoms with van der Waals surface area (Å²) in [6, 6.07) is 21.8. The first kappa shape index (κ1) is 26.1. The van der Waals surface area contributed by atoms with Crippen molar-refractivity contribution < 1.29 is 9.47 Å². The number of H-pyrrole nitrogens is 1. The van der Waals surface area contributed by atoms with E-state index in [0.717, 1.165) is 39.1 Å². The van der Waals surface area contributed by atoms with E-state index < -0.39 is 0 Å². The number of aryl methyl sites for hydroxylation is 2. The van der Waals surface area contributed by atoms with Crippen molar-refractivity contribution in [1.29, 1.82) is 0 Å². The summed E-state index contributed by atoms with van der Waals surface area (Å²) in [5.74, 6) is 2.29. The molecule has 0 radical (unpaired) electrons. The van der Waals surface area contributed by atoms with Crippen molar-refractivity contribution >= 4 is 10.9 Å². The van der Waals surface area contributed by atoms with E-state index in [1.807, 2.05) is 67.6 Å². The Labute approximate surface area is 227 Å². The first-order chi connectivity index (χ1) is 18.9. The zero-order valence-corrected chi connectivity index (χ0v) is 22.6. The maximum atomic E-state index is 13.1. The normalized spacial score (nSPS) is 11.3. The van der Waals surface area contributed by atoms with Crippen molar-refractivity contribution in [2.24, 2.45) is 0 Å². The number of hydrogen-bond donors (Lipinski definition) is 1. The largest absolute Gasteiger partial charge is 0.497 e. The number of aromatic amines is 1. The number of tetrazole rings is 1. The molecule has 5 rings (SSSR count). The second-order valence-electron chi connectivity index (χ2n) is 9.71. The van der Waals surface area contributed by atoms with E-state index in [4.69, 9.17) is 9.47 Å².